The summed E-state index contributed by atoms with van der Waals surface area (Å²) in [6.07, 6.45) is 3.55. The van der Waals surface area contributed by atoms with Crippen LogP contribution in [-0.4, -0.2) is 68.9 Å². The van der Waals surface area contributed by atoms with Gasteiger partial charge in [-0.05, 0) is 34.1 Å². The van der Waals surface area contributed by atoms with E-state index in [1.165, 1.54) is 0 Å². The topological polar surface area (TPSA) is 120 Å². The van der Waals surface area contributed by atoms with Gasteiger partial charge in [-0.2, -0.15) is 0 Å². The molecule has 0 bridgehead atoms. The first-order valence-corrected chi connectivity index (χ1v) is 10.5. The number of nitrogens with two attached hydrogens (primary N) is 1. The van der Waals surface area contributed by atoms with Crippen LogP contribution in [0.2, 0.25) is 0 Å². The fourth-order valence-electron chi connectivity index (χ4n) is 3.75. The number of fused-ring (bicyclic) bond motifs is 1. The number of morpholine rings is 1. The van der Waals surface area contributed by atoms with Crippen molar-refractivity contribution in [2.75, 3.05) is 36.9 Å². The van der Waals surface area contributed by atoms with Crippen molar-refractivity contribution in [1.82, 2.24) is 24.8 Å². The minimum absolute atomic E-state index is 0.187. The van der Waals surface area contributed by atoms with E-state index >= 15 is 0 Å². The fourth-order valence-corrected chi connectivity index (χ4v) is 3.75. The molecule has 1 unspecified atom stereocenters. The standard InChI is InChI=1S/C21H29N7O3/c1-13-12-30-8-7-28(13)18-15-5-6-27(20(29)31-21(2,3)4)11-16(15)25-17(26-18)14-9-23-19(22)24-10-14/h9-10,13H,5-8,11-12H2,1-4H3,(H2,22,23,24). The summed E-state index contributed by atoms with van der Waals surface area (Å²) in [5.41, 5.74) is 7.64. The van der Waals surface area contributed by atoms with E-state index in [1.807, 2.05) is 20.8 Å². The highest BCUT2D eigenvalue weighted by atomic mass is 16.6. The van der Waals surface area contributed by atoms with E-state index in [0.29, 0.717) is 44.1 Å². The lowest BCUT2D eigenvalue weighted by Crippen LogP contribution is -2.46. The van der Waals surface area contributed by atoms with Gasteiger partial charge in [0.15, 0.2) is 5.82 Å². The molecule has 0 aliphatic carbocycles. The molecule has 2 aromatic rings. The van der Waals surface area contributed by atoms with Crippen LogP contribution in [-0.2, 0) is 22.4 Å². The number of ether oxygens (including phenoxy) is 2. The number of hydrogen-bond donors (Lipinski definition) is 1. The van der Waals surface area contributed by atoms with E-state index < -0.39 is 5.60 Å². The molecule has 1 amide bonds. The van der Waals surface area contributed by atoms with Gasteiger partial charge in [0, 0.05) is 31.0 Å². The first kappa shape index (κ1) is 21.2. The first-order chi connectivity index (χ1) is 14.7. The maximum absolute atomic E-state index is 12.7. The summed E-state index contributed by atoms with van der Waals surface area (Å²) in [6, 6.07) is 0.187. The summed E-state index contributed by atoms with van der Waals surface area (Å²) in [7, 11) is 0. The van der Waals surface area contributed by atoms with Crippen molar-refractivity contribution in [2.45, 2.75) is 52.3 Å². The monoisotopic (exact) mass is 427 g/mol. The molecule has 0 saturated carbocycles. The largest absolute Gasteiger partial charge is 0.444 e. The molecule has 2 aromatic heterocycles. The van der Waals surface area contributed by atoms with Gasteiger partial charge in [0.1, 0.15) is 11.4 Å². The normalized spacial score (nSPS) is 19.2. The molecule has 0 radical (unpaired) electrons. The van der Waals surface area contributed by atoms with Crippen LogP contribution >= 0.6 is 0 Å². The van der Waals surface area contributed by atoms with Gasteiger partial charge in [-0.15, -0.1) is 0 Å². The molecule has 4 rings (SSSR count). The number of carbonyl (C=O) groups excluding carboxylic acids is 1. The second-order valence-corrected chi connectivity index (χ2v) is 8.90. The van der Waals surface area contributed by atoms with Crippen molar-refractivity contribution in [3.05, 3.63) is 23.7 Å². The molecule has 2 aliphatic heterocycles. The number of amides is 1. The van der Waals surface area contributed by atoms with Crippen LogP contribution in [0.4, 0.5) is 16.6 Å². The van der Waals surface area contributed by atoms with E-state index in [1.54, 1.807) is 17.3 Å². The van der Waals surface area contributed by atoms with Crippen molar-refractivity contribution in [3.8, 4) is 11.4 Å². The van der Waals surface area contributed by atoms with Crippen molar-refractivity contribution in [1.29, 1.82) is 0 Å². The Morgan fingerprint density at radius 1 is 1.23 bits per heavy atom. The molecule has 10 heteroatoms. The van der Waals surface area contributed by atoms with Gasteiger partial charge in [0.05, 0.1) is 37.1 Å². The number of nitrogens with zero attached hydrogens (tertiary/aromatic N) is 6. The number of nitrogen functional groups attached to an aromatic ring is 1. The van der Waals surface area contributed by atoms with Crippen molar-refractivity contribution < 1.29 is 14.3 Å². The van der Waals surface area contributed by atoms with E-state index in [-0.39, 0.29) is 18.1 Å². The van der Waals surface area contributed by atoms with Gasteiger partial charge < -0.3 is 25.0 Å². The third-order valence-electron chi connectivity index (χ3n) is 5.26. The molecular formula is C21H29N7O3. The van der Waals surface area contributed by atoms with E-state index in [4.69, 9.17) is 25.2 Å². The SMILES string of the molecule is CC1COCCN1c1nc(-c2cnc(N)nc2)nc2c1CCN(C(=O)OC(C)(C)C)C2. The summed E-state index contributed by atoms with van der Waals surface area (Å²) in [6.45, 7) is 10.7. The van der Waals surface area contributed by atoms with Crippen LogP contribution in [0, 0.1) is 0 Å². The van der Waals surface area contributed by atoms with Crippen LogP contribution in [0.3, 0.4) is 0 Å². The molecule has 0 aromatic carbocycles. The highest BCUT2D eigenvalue weighted by Gasteiger charge is 2.32. The van der Waals surface area contributed by atoms with Crippen LogP contribution < -0.4 is 10.6 Å². The Morgan fingerprint density at radius 3 is 2.65 bits per heavy atom. The van der Waals surface area contributed by atoms with Gasteiger partial charge in [-0.3, -0.25) is 0 Å². The van der Waals surface area contributed by atoms with Gasteiger partial charge in [0.25, 0.3) is 0 Å². The first-order valence-electron chi connectivity index (χ1n) is 10.5. The molecule has 1 saturated heterocycles. The predicted octanol–water partition coefficient (Wildman–Crippen LogP) is 2.03. The zero-order valence-corrected chi connectivity index (χ0v) is 18.5. The molecule has 4 heterocycles. The smallest absolute Gasteiger partial charge is 0.410 e. The summed E-state index contributed by atoms with van der Waals surface area (Å²) in [5, 5.41) is 0. The lowest BCUT2D eigenvalue weighted by atomic mass is 10.0. The molecular weight excluding hydrogens is 398 g/mol. The van der Waals surface area contributed by atoms with Crippen LogP contribution in [0.15, 0.2) is 12.4 Å². The van der Waals surface area contributed by atoms with Gasteiger partial charge >= 0.3 is 6.09 Å². The Balaban J connectivity index is 1.73. The zero-order valence-electron chi connectivity index (χ0n) is 18.5. The second-order valence-electron chi connectivity index (χ2n) is 8.90. The molecule has 166 valence electrons. The molecule has 1 atom stereocenters. The van der Waals surface area contributed by atoms with Gasteiger partial charge in [-0.1, -0.05) is 0 Å². The van der Waals surface area contributed by atoms with Crippen molar-refractivity contribution in [3.63, 3.8) is 0 Å². The summed E-state index contributed by atoms with van der Waals surface area (Å²) in [4.78, 5) is 34.4. The minimum atomic E-state index is -0.552. The minimum Gasteiger partial charge on any atom is -0.444 e. The summed E-state index contributed by atoms with van der Waals surface area (Å²) < 4.78 is 11.2. The highest BCUT2D eigenvalue weighted by molar-refractivity contribution is 5.69. The van der Waals surface area contributed by atoms with Gasteiger partial charge in [0.2, 0.25) is 5.95 Å². The highest BCUT2D eigenvalue weighted by Crippen LogP contribution is 2.31. The quantitative estimate of drug-likeness (QED) is 0.767. The number of anilines is 2. The molecule has 0 spiro atoms. The number of aromatic nitrogens is 4. The lowest BCUT2D eigenvalue weighted by Gasteiger charge is -2.38. The average molecular weight is 428 g/mol. The zero-order chi connectivity index (χ0) is 22.2. The number of rotatable bonds is 2. The Hall–Kier alpha value is -3.01. The summed E-state index contributed by atoms with van der Waals surface area (Å²) >= 11 is 0. The Kier molecular flexibility index (Phi) is 5.65. The van der Waals surface area contributed by atoms with E-state index in [9.17, 15) is 4.79 Å². The van der Waals surface area contributed by atoms with Crippen molar-refractivity contribution >= 4 is 17.9 Å². The Labute approximate surface area is 181 Å². The molecule has 31 heavy (non-hydrogen) atoms. The van der Waals surface area contributed by atoms with Gasteiger partial charge in [-0.25, -0.2) is 24.7 Å². The molecule has 2 aliphatic rings. The van der Waals surface area contributed by atoms with Crippen LogP contribution in [0.25, 0.3) is 11.4 Å². The fraction of sp³-hybridized carbons (Fsp3) is 0.571. The van der Waals surface area contributed by atoms with E-state index in [0.717, 1.165) is 23.6 Å². The number of carbonyl (C=O) groups is 1. The predicted molar refractivity (Wildman–Crippen MR) is 115 cm³/mol. The van der Waals surface area contributed by atoms with Crippen LogP contribution in [0.1, 0.15) is 39.0 Å². The second kappa shape index (κ2) is 8.26. The molecule has 1 fully saturated rings. The van der Waals surface area contributed by atoms with E-state index in [2.05, 4.69) is 21.8 Å². The molecule has 2 N–H and O–H groups in total. The Morgan fingerprint density at radius 2 is 1.97 bits per heavy atom. The third kappa shape index (κ3) is 4.68. The maximum atomic E-state index is 12.7. The summed E-state index contributed by atoms with van der Waals surface area (Å²) in [5.74, 6) is 1.59. The average Bonchev–Trinajstić information content (AvgIpc) is 2.72. The van der Waals surface area contributed by atoms with Crippen molar-refractivity contribution in [2.24, 2.45) is 0 Å². The third-order valence-corrected chi connectivity index (χ3v) is 5.26. The Bertz CT molecular complexity index is 959. The van der Waals surface area contributed by atoms with Crippen LogP contribution in [0.5, 0.6) is 0 Å². The number of hydrogen-bond acceptors (Lipinski definition) is 9. The molecule has 10 nitrogen and oxygen atoms in total. The lowest BCUT2D eigenvalue weighted by molar-refractivity contribution is 0.0220. The maximum Gasteiger partial charge on any atom is 0.410 e.